The van der Waals surface area contributed by atoms with Crippen molar-refractivity contribution < 1.29 is 9.53 Å². The quantitative estimate of drug-likeness (QED) is 0.640. The van der Waals surface area contributed by atoms with Gasteiger partial charge in [-0.15, -0.1) is 0 Å². The smallest absolute Gasteiger partial charge is 0.327 e. The highest BCUT2D eigenvalue weighted by Gasteiger charge is 2.42. The highest BCUT2D eigenvalue weighted by atomic mass is 16.5. The van der Waals surface area contributed by atoms with E-state index in [1.54, 1.807) is 11.2 Å². The number of benzene rings is 1. The van der Waals surface area contributed by atoms with Gasteiger partial charge in [0.15, 0.2) is 5.82 Å². The second-order valence-corrected chi connectivity index (χ2v) is 9.35. The van der Waals surface area contributed by atoms with Crippen LogP contribution in [0.1, 0.15) is 42.3 Å². The summed E-state index contributed by atoms with van der Waals surface area (Å²) in [5.74, 6) is 1.94. The predicted octanol–water partition coefficient (Wildman–Crippen LogP) is 3.29. The molecule has 1 saturated carbocycles. The van der Waals surface area contributed by atoms with E-state index in [1.165, 1.54) is 18.5 Å². The number of hydrogen-bond acceptors (Lipinski definition) is 6. The molecular formula is C24H27N7O2. The zero-order chi connectivity index (χ0) is 22.6. The lowest BCUT2D eigenvalue weighted by Crippen LogP contribution is -2.33. The topological polar surface area (TPSA) is 97.2 Å². The molecule has 1 aliphatic carbocycles. The molecule has 2 N–H and O–H groups in total. The normalized spacial score (nSPS) is 17.9. The van der Waals surface area contributed by atoms with Crippen molar-refractivity contribution in [1.82, 2.24) is 25.1 Å². The molecule has 3 aromatic rings. The summed E-state index contributed by atoms with van der Waals surface area (Å²) in [6.45, 7) is 4.48. The summed E-state index contributed by atoms with van der Waals surface area (Å²) in [5.41, 5.74) is 5.40. The Bertz CT molecular complexity index is 1250. The third-order valence-corrected chi connectivity index (χ3v) is 6.98. The van der Waals surface area contributed by atoms with Crippen molar-refractivity contribution in [3.05, 3.63) is 53.1 Å². The summed E-state index contributed by atoms with van der Waals surface area (Å²) < 4.78 is 8.02. The molecule has 1 fully saturated rings. The molecule has 3 aliphatic rings. The first-order valence-corrected chi connectivity index (χ1v) is 11.5. The second-order valence-electron chi connectivity index (χ2n) is 9.35. The predicted molar refractivity (Wildman–Crippen MR) is 124 cm³/mol. The number of fused-ring (bicyclic) bond motifs is 2. The van der Waals surface area contributed by atoms with E-state index in [1.807, 2.05) is 36.0 Å². The van der Waals surface area contributed by atoms with Crippen LogP contribution in [0.3, 0.4) is 0 Å². The van der Waals surface area contributed by atoms with E-state index in [0.29, 0.717) is 18.2 Å². The SMILES string of the molecule is Cn1nc(NC(=O)N2CCc3cc(Oc4ncnc5c4CCNC5)ccc32)cc1C1(C)CC1. The molecule has 2 amide bonds. The Morgan fingerprint density at radius 1 is 1.21 bits per heavy atom. The molecule has 9 heteroatoms. The highest BCUT2D eigenvalue weighted by Crippen LogP contribution is 2.47. The van der Waals surface area contributed by atoms with E-state index in [9.17, 15) is 4.79 Å². The van der Waals surface area contributed by atoms with Crippen LogP contribution in [0.5, 0.6) is 11.6 Å². The minimum atomic E-state index is -0.162. The Balaban J connectivity index is 1.18. The lowest BCUT2D eigenvalue weighted by Gasteiger charge is -2.19. The molecule has 6 rings (SSSR count). The highest BCUT2D eigenvalue weighted by molar-refractivity contribution is 6.02. The fourth-order valence-corrected chi connectivity index (χ4v) is 4.82. The van der Waals surface area contributed by atoms with Crippen LogP contribution in [0, 0.1) is 0 Å². The molecular weight excluding hydrogens is 418 g/mol. The van der Waals surface area contributed by atoms with Gasteiger partial charge in [-0.2, -0.15) is 5.10 Å². The summed E-state index contributed by atoms with van der Waals surface area (Å²) in [6.07, 6.45) is 5.50. The van der Waals surface area contributed by atoms with E-state index >= 15 is 0 Å². The van der Waals surface area contributed by atoms with Gasteiger partial charge in [-0.3, -0.25) is 14.9 Å². The molecule has 170 valence electrons. The minimum absolute atomic E-state index is 0.162. The number of anilines is 2. The molecule has 0 radical (unpaired) electrons. The zero-order valence-electron chi connectivity index (χ0n) is 18.9. The summed E-state index contributed by atoms with van der Waals surface area (Å²) in [5, 5.41) is 10.8. The number of carbonyl (C=O) groups excluding carboxylic acids is 1. The summed E-state index contributed by atoms with van der Waals surface area (Å²) in [4.78, 5) is 23.5. The van der Waals surface area contributed by atoms with Crippen molar-refractivity contribution in [3.8, 4) is 11.6 Å². The average molecular weight is 446 g/mol. The number of aryl methyl sites for hydroxylation is 1. The number of ether oxygens (including phenoxy) is 1. The van der Waals surface area contributed by atoms with Crippen molar-refractivity contribution in [2.24, 2.45) is 7.05 Å². The van der Waals surface area contributed by atoms with Crippen LogP contribution in [0.4, 0.5) is 16.3 Å². The van der Waals surface area contributed by atoms with Gasteiger partial charge in [0.1, 0.15) is 12.1 Å². The summed E-state index contributed by atoms with van der Waals surface area (Å²) >= 11 is 0. The van der Waals surface area contributed by atoms with Crippen molar-refractivity contribution in [1.29, 1.82) is 0 Å². The van der Waals surface area contributed by atoms with Gasteiger partial charge < -0.3 is 10.1 Å². The molecule has 2 aromatic heterocycles. The number of amides is 2. The van der Waals surface area contributed by atoms with Crippen LogP contribution in [0.15, 0.2) is 30.6 Å². The van der Waals surface area contributed by atoms with Crippen LogP contribution < -0.4 is 20.3 Å². The number of hydrogen-bond donors (Lipinski definition) is 2. The molecule has 4 heterocycles. The molecule has 2 aliphatic heterocycles. The van der Waals surface area contributed by atoms with Gasteiger partial charge in [-0.05, 0) is 56.0 Å². The molecule has 9 nitrogen and oxygen atoms in total. The first-order valence-electron chi connectivity index (χ1n) is 11.5. The van der Waals surface area contributed by atoms with Gasteiger partial charge in [0.2, 0.25) is 5.88 Å². The van der Waals surface area contributed by atoms with Gasteiger partial charge in [0.25, 0.3) is 0 Å². The maximum atomic E-state index is 13.0. The Kier molecular flexibility index (Phi) is 4.62. The van der Waals surface area contributed by atoms with Crippen LogP contribution >= 0.6 is 0 Å². The van der Waals surface area contributed by atoms with Crippen molar-refractivity contribution in [2.75, 3.05) is 23.3 Å². The van der Waals surface area contributed by atoms with Gasteiger partial charge in [-0.1, -0.05) is 6.92 Å². The van der Waals surface area contributed by atoms with Crippen LogP contribution in [-0.4, -0.2) is 38.9 Å². The first-order chi connectivity index (χ1) is 16.0. The Hall–Kier alpha value is -3.46. The van der Waals surface area contributed by atoms with Gasteiger partial charge >= 0.3 is 6.03 Å². The number of urea groups is 1. The maximum Gasteiger partial charge on any atom is 0.327 e. The number of rotatable bonds is 4. The second kappa shape index (κ2) is 7.55. The third-order valence-electron chi connectivity index (χ3n) is 6.98. The third kappa shape index (κ3) is 3.62. The monoisotopic (exact) mass is 445 g/mol. The molecule has 0 unspecified atom stereocenters. The van der Waals surface area contributed by atoms with Crippen molar-refractivity contribution in [3.63, 3.8) is 0 Å². The molecule has 0 saturated heterocycles. The van der Waals surface area contributed by atoms with Gasteiger partial charge in [0.05, 0.1) is 5.69 Å². The molecule has 0 spiro atoms. The summed E-state index contributed by atoms with van der Waals surface area (Å²) in [6, 6.07) is 7.68. The number of nitrogens with zero attached hydrogens (tertiary/aromatic N) is 5. The lowest BCUT2D eigenvalue weighted by atomic mass is 10.1. The first kappa shape index (κ1) is 20.2. The minimum Gasteiger partial charge on any atom is -0.439 e. The fourth-order valence-electron chi connectivity index (χ4n) is 4.82. The van der Waals surface area contributed by atoms with E-state index in [2.05, 4.69) is 32.6 Å². The van der Waals surface area contributed by atoms with Crippen LogP contribution in [0.25, 0.3) is 0 Å². The van der Waals surface area contributed by atoms with Crippen molar-refractivity contribution >= 4 is 17.5 Å². The number of carbonyl (C=O) groups is 1. The number of nitrogens with one attached hydrogen (secondary N) is 2. The van der Waals surface area contributed by atoms with Crippen LogP contribution in [-0.2, 0) is 31.8 Å². The Morgan fingerprint density at radius 3 is 2.94 bits per heavy atom. The van der Waals surface area contributed by atoms with Crippen LogP contribution in [0.2, 0.25) is 0 Å². The average Bonchev–Trinajstić information content (AvgIpc) is 3.24. The zero-order valence-corrected chi connectivity index (χ0v) is 18.9. The van der Waals surface area contributed by atoms with E-state index in [-0.39, 0.29) is 11.4 Å². The molecule has 0 bridgehead atoms. The van der Waals surface area contributed by atoms with E-state index in [4.69, 9.17) is 4.74 Å². The molecule has 1 aromatic carbocycles. The van der Waals surface area contributed by atoms with Crippen molar-refractivity contribution in [2.45, 2.75) is 44.6 Å². The summed E-state index contributed by atoms with van der Waals surface area (Å²) in [7, 11) is 1.94. The van der Waals surface area contributed by atoms with E-state index in [0.717, 1.165) is 54.2 Å². The standard InChI is InChI=1S/C24H27N7O2/c1-24(7-8-24)20-12-21(29-30(20)2)28-23(32)31-10-6-15-11-16(3-4-19(15)31)33-22-17-5-9-25-13-18(17)26-14-27-22/h3-4,11-12,14,25H,5-10,13H2,1-2H3,(H,28,29,32). The molecule has 0 atom stereocenters. The number of aromatic nitrogens is 4. The Morgan fingerprint density at radius 2 is 2.09 bits per heavy atom. The van der Waals surface area contributed by atoms with Gasteiger partial charge in [-0.25, -0.2) is 14.8 Å². The Labute approximate surface area is 192 Å². The molecule has 33 heavy (non-hydrogen) atoms. The van der Waals surface area contributed by atoms with E-state index < -0.39 is 0 Å². The lowest BCUT2D eigenvalue weighted by molar-refractivity contribution is 0.257. The largest absolute Gasteiger partial charge is 0.439 e. The fraction of sp³-hybridized carbons (Fsp3) is 0.417. The van der Waals surface area contributed by atoms with Gasteiger partial charge in [0, 0.05) is 48.6 Å². The maximum absolute atomic E-state index is 13.0.